The highest BCUT2D eigenvalue weighted by molar-refractivity contribution is 8.01. The molecular formula is C20H20N4O5S3. The van der Waals surface area contributed by atoms with Crippen molar-refractivity contribution in [2.45, 2.75) is 36.3 Å². The van der Waals surface area contributed by atoms with Crippen LogP contribution in [0, 0.1) is 0 Å². The van der Waals surface area contributed by atoms with E-state index in [1.807, 2.05) is 24.4 Å². The fourth-order valence-corrected chi connectivity index (χ4v) is 6.52. The summed E-state index contributed by atoms with van der Waals surface area (Å²) in [5.74, 6) is -1.17. The van der Waals surface area contributed by atoms with Crippen LogP contribution in [0.25, 0.3) is 0 Å². The Bertz CT molecular complexity index is 1140. The van der Waals surface area contributed by atoms with E-state index in [4.69, 9.17) is 0 Å². The predicted molar refractivity (Wildman–Crippen MR) is 123 cm³/mol. The molecule has 2 atom stereocenters. The average molecular weight is 493 g/mol. The first-order chi connectivity index (χ1) is 15.4. The Hall–Kier alpha value is -2.57. The minimum absolute atomic E-state index is 0.0445. The second-order valence-electron chi connectivity index (χ2n) is 7.09. The first kappa shape index (κ1) is 22.6. The number of carbonyl (C=O) groups is 3. The van der Waals surface area contributed by atoms with E-state index in [0.717, 1.165) is 4.88 Å². The molecule has 168 valence electrons. The van der Waals surface area contributed by atoms with Gasteiger partial charge in [-0.15, -0.1) is 34.9 Å². The van der Waals surface area contributed by atoms with Crippen LogP contribution in [0.3, 0.4) is 0 Å². The summed E-state index contributed by atoms with van der Waals surface area (Å²) in [6.07, 6.45) is 1.84. The van der Waals surface area contributed by atoms with Gasteiger partial charge < -0.3 is 10.4 Å². The van der Waals surface area contributed by atoms with Crippen LogP contribution in [0.1, 0.15) is 11.8 Å². The number of nitrogens with one attached hydrogen (secondary N) is 1. The Morgan fingerprint density at radius 2 is 2.16 bits per heavy atom. The maximum absolute atomic E-state index is 12.7. The Balaban J connectivity index is 1.44. The Morgan fingerprint density at radius 3 is 2.81 bits per heavy atom. The van der Waals surface area contributed by atoms with Gasteiger partial charge in [-0.1, -0.05) is 6.07 Å². The van der Waals surface area contributed by atoms with Crippen molar-refractivity contribution in [3.05, 3.63) is 56.4 Å². The number of carboxylic acid groups (broad SMARTS) is 1. The molecule has 2 aromatic rings. The summed E-state index contributed by atoms with van der Waals surface area (Å²) in [5.41, 5.74) is 0.181. The van der Waals surface area contributed by atoms with Crippen molar-refractivity contribution in [2.75, 3.05) is 11.5 Å². The zero-order valence-corrected chi connectivity index (χ0v) is 19.5. The summed E-state index contributed by atoms with van der Waals surface area (Å²) in [5, 5.41) is 14.4. The Kier molecular flexibility index (Phi) is 6.72. The minimum atomic E-state index is -1.18. The molecule has 0 spiro atoms. The van der Waals surface area contributed by atoms with Crippen LogP contribution in [0.5, 0.6) is 0 Å². The third kappa shape index (κ3) is 4.48. The van der Waals surface area contributed by atoms with Gasteiger partial charge in [0.1, 0.15) is 22.1 Å². The van der Waals surface area contributed by atoms with Crippen molar-refractivity contribution in [3.8, 4) is 0 Å². The molecule has 1 saturated heterocycles. The van der Waals surface area contributed by atoms with Gasteiger partial charge in [-0.05, 0) is 30.0 Å². The van der Waals surface area contributed by atoms with E-state index in [0.29, 0.717) is 28.6 Å². The van der Waals surface area contributed by atoms with Gasteiger partial charge in [0.2, 0.25) is 5.91 Å². The summed E-state index contributed by atoms with van der Waals surface area (Å²) in [4.78, 5) is 55.0. The number of thioether (sulfide) groups is 2. The number of thiophene rings is 1. The molecule has 0 saturated carbocycles. The number of fused-ring (bicyclic) bond motifs is 1. The predicted octanol–water partition coefficient (Wildman–Crippen LogP) is 1.40. The summed E-state index contributed by atoms with van der Waals surface area (Å²) in [6, 6.07) is 4.68. The van der Waals surface area contributed by atoms with Crippen molar-refractivity contribution in [1.82, 2.24) is 19.8 Å². The molecule has 32 heavy (non-hydrogen) atoms. The molecule has 2 amide bonds. The largest absolute Gasteiger partial charge is 0.477 e. The van der Waals surface area contributed by atoms with Gasteiger partial charge in [0, 0.05) is 29.1 Å². The molecule has 2 aliphatic heterocycles. The lowest BCUT2D eigenvalue weighted by atomic mass is 10.0. The molecule has 2 aromatic heterocycles. The summed E-state index contributed by atoms with van der Waals surface area (Å²) >= 11 is 4.14. The standard InChI is InChI=1S/C20H20N4O5S3/c1-2-23-6-5-14(22-20(23)29)31-9-11-10-32-18-15(17(26)24(18)16(11)19(27)28)21-13(25)8-12-4-3-7-30-12/h3-7,15,18H,2,8-10H2,1H3,(H,21,25)(H,27,28)/t15-,18+/m1/s1. The normalized spacial score (nSPS) is 20.0. The molecule has 9 nitrogen and oxygen atoms in total. The summed E-state index contributed by atoms with van der Waals surface area (Å²) in [7, 11) is 0. The lowest BCUT2D eigenvalue weighted by Crippen LogP contribution is -2.70. The van der Waals surface area contributed by atoms with Gasteiger partial charge in [-0.2, -0.15) is 4.98 Å². The van der Waals surface area contributed by atoms with Crippen LogP contribution in [0.15, 0.2) is 50.9 Å². The number of aryl methyl sites for hydroxylation is 1. The number of aliphatic carboxylic acids is 1. The number of aromatic nitrogens is 2. The number of rotatable bonds is 8. The SMILES string of the molecule is CCn1ccc(SCC2=C(C(=O)O)N3C(=O)[C@@H](NC(=O)Cc4cccs4)[C@@H]3SC2)nc1=O. The maximum Gasteiger partial charge on any atom is 0.352 e. The van der Waals surface area contributed by atoms with Crippen LogP contribution in [-0.2, 0) is 27.3 Å². The fourth-order valence-electron chi connectivity index (χ4n) is 3.49. The van der Waals surface area contributed by atoms with Gasteiger partial charge in [0.05, 0.1) is 6.42 Å². The van der Waals surface area contributed by atoms with E-state index < -0.39 is 23.3 Å². The monoisotopic (exact) mass is 492 g/mol. The second-order valence-corrected chi connectivity index (χ2v) is 10.2. The molecule has 0 bridgehead atoms. The van der Waals surface area contributed by atoms with Gasteiger partial charge in [0.25, 0.3) is 5.91 Å². The quantitative estimate of drug-likeness (QED) is 0.322. The van der Waals surface area contributed by atoms with E-state index in [1.165, 1.54) is 44.3 Å². The minimum Gasteiger partial charge on any atom is -0.477 e. The topological polar surface area (TPSA) is 122 Å². The van der Waals surface area contributed by atoms with Crippen LogP contribution >= 0.6 is 34.9 Å². The molecule has 0 aromatic carbocycles. The molecule has 12 heteroatoms. The number of amides is 2. The number of hydrogen-bond acceptors (Lipinski definition) is 8. The number of nitrogens with zero attached hydrogens (tertiary/aromatic N) is 3. The van der Waals surface area contributed by atoms with E-state index in [2.05, 4.69) is 10.3 Å². The van der Waals surface area contributed by atoms with Crippen LogP contribution in [-0.4, -0.2) is 60.3 Å². The average Bonchev–Trinajstić information content (AvgIpc) is 3.28. The Labute approximate surface area is 195 Å². The zero-order chi connectivity index (χ0) is 22.8. The summed E-state index contributed by atoms with van der Waals surface area (Å²) in [6.45, 7) is 2.36. The molecule has 2 N–H and O–H groups in total. The highest BCUT2D eigenvalue weighted by Crippen LogP contribution is 2.41. The van der Waals surface area contributed by atoms with Crippen molar-refractivity contribution < 1.29 is 19.5 Å². The molecule has 0 radical (unpaired) electrons. The van der Waals surface area contributed by atoms with Gasteiger partial charge in [0.15, 0.2) is 0 Å². The molecular weight excluding hydrogens is 472 g/mol. The number of carboxylic acids is 1. The van der Waals surface area contributed by atoms with Crippen LogP contribution in [0.4, 0.5) is 0 Å². The molecule has 0 unspecified atom stereocenters. The lowest BCUT2D eigenvalue weighted by Gasteiger charge is -2.49. The first-order valence-electron chi connectivity index (χ1n) is 9.81. The van der Waals surface area contributed by atoms with Gasteiger partial charge in [-0.3, -0.25) is 19.1 Å². The van der Waals surface area contributed by atoms with Crippen LogP contribution in [0.2, 0.25) is 0 Å². The van der Waals surface area contributed by atoms with Crippen molar-refractivity contribution in [1.29, 1.82) is 0 Å². The van der Waals surface area contributed by atoms with Crippen LogP contribution < -0.4 is 11.0 Å². The van der Waals surface area contributed by atoms with Crippen molar-refractivity contribution in [3.63, 3.8) is 0 Å². The third-order valence-electron chi connectivity index (χ3n) is 5.06. The third-order valence-corrected chi connectivity index (χ3v) is 8.30. The van der Waals surface area contributed by atoms with E-state index >= 15 is 0 Å². The molecule has 4 heterocycles. The first-order valence-corrected chi connectivity index (χ1v) is 12.7. The maximum atomic E-state index is 12.7. The smallest absolute Gasteiger partial charge is 0.352 e. The lowest BCUT2D eigenvalue weighted by molar-refractivity contribution is -0.150. The Morgan fingerprint density at radius 1 is 1.34 bits per heavy atom. The molecule has 0 aliphatic carbocycles. The molecule has 1 fully saturated rings. The number of carbonyl (C=O) groups excluding carboxylic acids is 2. The van der Waals surface area contributed by atoms with Crippen molar-refractivity contribution >= 4 is 52.6 Å². The van der Waals surface area contributed by atoms with E-state index in [-0.39, 0.29) is 23.7 Å². The van der Waals surface area contributed by atoms with Gasteiger partial charge in [-0.25, -0.2) is 9.59 Å². The highest BCUT2D eigenvalue weighted by Gasteiger charge is 2.54. The highest BCUT2D eigenvalue weighted by atomic mass is 32.2. The molecule has 2 aliphatic rings. The van der Waals surface area contributed by atoms with E-state index in [9.17, 15) is 24.3 Å². The fraction of sp³-hybridized carbons (Fsp3) is 0.350. The number of β-lactam (4-membered cyclic amide) rings is 1. The van der Waals surface area contributed by atoms with E-state index in [1.54, 1.807) is 12.3 Å². The molecule has 4 rings (SSSR count). The summed E-state index contributed by atoms with van der Waals surface area (Å²) < 4.78 is 1.47. The van der Waals surface area contributed by atoms with Crippen molar-refractivity contribution in [2.24, 2.45) is 0 Å². The number of hydrogen-bond donors (Lipinski definition) is 2. The zero-order valence-electron chi connectivity index (χ0n) is 17.0. The second kappa shape index (κ2) is 9.51. The van der Waals surface area contributed by atoms with Gasteiger partial charge >= 0.3 is 11.7 Å².